The maximum atomic E-state index is 12.4. The van der Waals surface area contributed by atoms with Crippen LogP contribution >= 0.6 is 0 Å². The van der Waals surface area contributed by atoms with Gasteiger partial charge >= 0.3 is 0 Å². The van der Waals surface area contributed by atoms with Gasteiger partial charge in [0.15, 0.2) is 11.5 Å². The molecule has 0 bridgehead atoms. The lowest BCUT2D eigenvalue weighted by Gasteiger charge is -2.12. The van der Waals surface area contributed by atoms with Gasteiger partial charge in [-0.2, -0.15) is 5.10 Å². The molecule has 0 fully saturated rings. The lowest BCUT2D eigenvalue weighted by atomic mass is 10.1. The van der Waals surface area contributed by atoms with E-state index in [1.165, 1.54) is 0 Å². The first-order valence-corrected chi connectivity index (χ1v) is 9.26. The van der Waals surface area contributed by atoms with Crippen LogP contribution in [0.1, 0.15) is 52.4 Å². The maximum Gasteiger partial charge on any atom is 0.272 e. The molecule has 2 amide bonds. The van der Waals surface area contributed by atoms with Crippen molar-refractivity contribution in [2.45, 2.75) is 39.8 Å². The van der Waals surface area contributed by atoms with Crippen LogP contribution < -0.4 is 10.6 Å². The fourth-order valence-electron chi connectivity index (χ4n) is 2.65. The summed E-state index contributed by atoms with van der Waals surface area (Å²) in [5.41, 5.74) is 2.32. The number of nitrogens with zero attached hydrogens (tertiary/aromatic N) is 1. The summed E-state index contributed by atoms with van der Waals surface area (Å²) in [6.45, 7) is 6.13. The third kappa shape index (κ3) is 4.68. The van der Waals surface area contributed by atoms with E-state index in [9.17, 15) is 9.59 Å². The number of furan rings is 1. The first-order chi connectivity index (χ1) is 13.5. The molecule has 0 radical (unpaired) electrons. The molecule has 3 rings (SSSR count). The Kier molecular flexibility index (Phi) is 5.93. The van der Waals surface area contributed by atoms with E-state index in [2.05, 4.69) is 20.8 Å². The third-order valence-corrected chi connectivity index (χ3v) is 4.45. The predicted octanol–water partition coefficient (Wildman–Crippen LogP) is 3.44. The molecule has 7 heteroatoms. The molecular formula is C21H24N4O3. The second kappa shape index (κ2) is 8.56. The highest BCUT2D eigenvalue weighted by atomic mass is 16.3. The van der Waals surface area contributed by atoms with Crippen molar-refractivity contribution >= 4 is 11.8 Å². The number of nitrogens with one attached hydrogen (secondary N) is 3. The van der Waals surface area contributed by atoms with E-state index in [-0.39, 0.29) is 23.6 Å². The van der Waals surface area contributed by atoms with Gasteiger partial charge in [0.2, 0.25) is 0 Å². The van der Waals surface area contributed by atoms with Gasteiger partial charge in [0.25, 0.3) is 11.8 Å². The Hall–Kier alpha value is -3.35. The number of carbonyl (C=O) groups is 2. The summed E-state index contributed by atoms with van der Waals surface area (Å²) in [4.78, 5) is 24.6. The van der Waals surface area contributed by atoms with Gasteiger partial charge in [-0.15, -0.1) is 0 Å². The maximum absolute atomic E-state index is 12.4. The van der Waals surface area contributed by atoms with Crippen LogP contribution in [0.4, 0.5) is 0 Å². The fraction of sp³-hybridized carbons (Fsp3) is 0.286. The number of benzene rings is 1. The summed E-state index contributed by atoms with van der Waals surface area (Å²) in [6, 6.07) is 12.6. The smallest absolute Gasteiger partial charge is 0.272 e. The van der Waals surface area contributed by atoms with Crippen molar-refractivity contribution in [3.63, 3.8) is 0 Å². The van der Waals surface area contributed by atoms with Crippen LogP contribution in [0.3, 0.4) is 0 Å². The van der Waals surface area contributed by atoms with Gasteiger partial charge in [0.1, 0.15) is 11.5 Å². The Morgan fingerprint density at radius 1 is 1.18 bits per heavy atom. The van der Waals surface area contributed by atoms with Gasteiger partial charge in [-0.05, 0) is 50.1 Å². The second-order valence-corrected chi connectivity index (χ2v) is 6.74. The van der Waals surface area contributed by atoms with Crippen molar-refractivity contribution < 1.29 is 14.0 Å². The van der Waals surface area contributed by atoms with Gasteiger partial charge in [0, 0.05) is 24.2 Å². The van der Waals surface area contributed by atoms with Gasteiger partial charge < -0.3 is 15.1 Å². The zero-order valence-corrected chi connectivity index (χ0v) is 16.2. The fourth-order valence-corrected chi connectivity index (χ4v) is 2.65. The predicted molar refractivity (Wildman–Crippen MR) is 106 cm³/mol. The van der Waals surface area contributed by atoms with E-state index in [0.717, 1.165) is 17.7 Å². The topological polar surface area (TPSA) is 100 Å². The molecule has 28 heavy (non-hydrogen) atoms. The number of rotatable bonds is 7. The summed E-state index contributed by atoms with van der Waals surface area (Å²) in [5.74, 6) is 0.991. The minimum atomic E-state index is -0.305. The molecule has 3 N–H and O–H groups in total. The molecule has 1 aromatic carbocycles. The highest BCUT2D eigenvalue weighted by Crippen LogP contribution is 2.20. The normalized spacial score (nSPS) is 11.8. The van der Waals surface area contributed by atoms with E-state index in [1.807, 2.05) is 39.0 Å². The van der Waals surface area contributed by atoms with E-state index >= 15 is 0 Å². The van der Waals surface area contributed by atoms with E-state index < -0.39 is 0 Å². The number of aromatic amines is 1. The number of aromatic nitrogens is 2. The number of hydrogen-bond donors (Lipinski definition) is 3. The average molecular weight is 380 g/mol. The Labute approximate surface area is 163 Å². The highest BCUT2D eigenvalue weighted by molar-refractivity contribution is 5.95. The zero-order chi connectivity index (χ0) is 20.1. The summed E-state index contributed by atoms with van der Waals surface area (Å²) >= 11 is 0. The number of hydrogen-bond acceptors (Lipinski definition) is 4. The molecule has 0 spiro atoms. The van der Waals surface area contributed by atoms with E-state index in [4.69, 9.17) is 4.42 Å². The zero-order valence-electron chi connectivity index (χ0n) is 16.2. The molecule has 2 heterocycles. The van der Waals surface area contributed by atoms with Crippen LogP contribution in [-0.4, -0.2) is 28.1 Å². The number of aryl methyl sites for hydroxylation is 1. The van der Waals surface area contributed by atoms with Crippen molar-refractivity contribution in [3.8, 4) is 11.5 Å². The van der Waals surface area contributed by atoms with Crippen molar-refractivity contribution in [2.24, 2.45) is 0 Å². The lowest BCUT2D eigenvalue weighted by molar-refractivity contribution is 0.0935. The minimum absolute atomic E-state index is 0.114. The molecule has 1 atom stereocenters. The molecule has 146 valence electrons. The lowest BCUT2D eigenvalue weighted by Crippen LogP contribution is -2.32. The number of H-pyrrole nitrogens is 1. The van der Waals surface area contributed by atoms with Crippen LogP contribution in [-0.2, 0) is 6.54 Å². The first-order valence-electron chi connectivity index (χ1n) is 9.26. The largest absolute Gasteiger partial charge is 0.460 e. The minimum Gasteiger partial charge on any atom is -0.460 e. The van der Waals surface area contributed by atoms with Crippen molar-refractivity contribution in [3.05, 3.63) is 65.0 Å². The van der Waals surface area contributed by atoms with Crippen LogP contribution in [0.2, 0.25) is 0 Å². The molecular weight excluding hydrogens is 356 g/mol. The number of amides is 2. The Bertz CT molecular complexity index is 973. The molecule has 3 aromatic rings. The SMILES string of the molecule is CCC(C)NC(=O)c1cccc(CNC(=O)c2cc(-c3ccc(C)o3)[nH]n2)c1. The molecule has 0 aliphatic carbocycles. The Morgan fingerprint density at radius 2 is 2.00 bits per heavy atom. The van der Waals surface area contributed by atoms with Crippen molar-refractivity contribution in [1.29, 1.82) is 0 Å². The standard InChI is InChI=1S/C21H24N4O3/c1-4-13(2)23-20(26)16-7-5-6-15(10-16)12-22-21(27)18-11-17(24-25-18)19-9-8-14(3)28-19/h5-11,13H,4,12H2,1-3H3,(H,22,27)(H,23,26)(H,24,25). The Balaban J connectivity index is 1.61. The molecule has 0 saturated heterocycles. The highest BCUT2D eigenvalue weighted by Gasteiger charge is 2.14. The molecule has 0 aliphatic rings. The third-order valence-electron chi connectivity index (χ3n) is 4.45. The van der Waals surface area contributed by atoms with Gasteiger partial charge in [-0.1, -0.05) is 19.1 Å². The summed E-state index contributed by atoms with van der Waals surface area (Å²) in [5, 5.41) is 12.6. The molecule has 7 nitrogen and oxygen atoms in total. The summed E-state index contributed by atoms with van der Waals surface area (Å²) in [7, 11) is 0. The van der Waals surface area contributed by atoms with Gasteiger partial charge in [-0.25, -0.2) is 0 Å². The monoisotopic (exact) mass is 380 g/mol. The van der Waals surface area contributed by atoms with Crippen LogP contribution in [0.5, 0.6) is 0 Å². The van der Waals surface area contributed by atoms with E-state index in [0.29, 0.717) is 23.6 Å². The van der Waals surface area contributed by atoms with E-state index in [1.54, 1.807) is 24.3 Å². The second-order valence-electron chi connectivity index (χ2n) is 6.74. The Morgan fingerprint density at radius 3 is 2.71 bits per heavy atom. The quantitative estimate of drug-likeness (QED) is 0.584. The van der Waals surface area contributed by atoms with Crippen molar-refractivity contribution in [1.82, 2.24) is 20.8 Å². The first kappa shape index (κ1) is 19.4. The van der Waals surface area contributed by atoms with Gasteiger partial charge in [-0.3, -0.25) is 14.7 Å². The number of carbonyl (C=O) groups excluding carboxylic acids is 2. The summed E-state index contributed by atoms with van der Waals surface area (Å²) < 4.78 is 5.52. The van der Waals surface area contributed by atoms with Crippen molar-refractivity contribution in [2.75, 3.05) is 0 Å². The molecule has 0 aliphatic heterocycles. The van der Waals surface area contributed by atoms with Crippen LogP contribution in [0.15, 0.2) is 46.9 Å². The van der Waals surface area contributed by atoms with Crippen LogP contribution in [0, 0.1) is 6.92 Å². The summed E-state index contributed by atoms with van der Waals surface area (Å²) in [6.07, 6.45) is 0.866. The molecule has 2 aromatic heterocycles. The molecule has 1 unspecified atom stereocenters. The van der Waals surface area contributed by atoms with Gasteiger partial charge in [0.05, 0.1) is 0 Å². The average Bonchev–Trinajstić information content (AvgIpc) is 3.35. The van der Waals surface area contributed by atoms with Crippen LogP contribution in [0.25, 0.3) is 11.5 Å². The molecule has 0 saturated carbocycles.